The molecule has 8 nitrogen and oxygen atoms in total. The molecule has 0 fully saturated rings. The number of carbonyl (C=O) groups excluding carboxylic acids is 1. The zero-order chi connectivity index (χ0) is 17.8. The summed E-state index contributed by atoms with van der Waals surface area (Å²) < 4.78 is 12.7. The van der Waals surface area contributed by atoms with Crippen LogP contribution in [0.4, 0.5) is 4.79 Å². The lowest BCUT2D eigenvalue weighted by atomic mass is 10.2. The molecule has 25 heavy (non-hydrogen) atoms. The molecule has 0 spiro atoms. The van der Waals surface area contributed by atoms with Gasteiger partial charge < -0.3 is 19.7 Å². The molecule has 1 aliphatic heterocycles. The smallest absolute Gasteiger partial charge is 0.318 e. The number of nitrogens with one attached hydrogen (secondary N) is 1. The summed E-state index contributed by atoms with van der Waals surface area (Å²) >= 11 is 0. The number of urea groups is 1. The number of hydrogen-bond acceptors (Lipinski definition) is 5. The molecule has 1 aliphatic rings. The van der Waals surface area contributed by atoms with Gasteiger partial charge in [-0.05, 0) is 31.5 Å². The molecule has 8 heteroatoms. The SMILES string of the molecule is CCOc1cc(CNC(=O)N2CCn3nc(C)nc3C2)ccc1OC. The number of rotatable bonds is 5. The highest BCUT2D eigenvalue weighted by molar-refractivity contribution is 5.74. The molecule has 2 heterocycles. The van der Waals surface area contributed by atoms with Crippen LogP contribution in [0.15, 0.2) is 18.2 Å². The highest BCUT2D eigenvalue weighted by Gasteiger charge is 2.22. The third-order valence-electron chi connectivity index (χ3n) is 4.03. The molecule has 134 valence electrons. The van der Waals surface area contributed by atoms with Crippen LogP contribution in [0, 0.1) is 6.92 Å². The number of amides is 2. The zero-order valence-electron chi connectivity index (χ0n) is 14.8. The summed E-state index contributed by atoms with van der Waals surface area (Å²) in [4.78, 5) is 18.5. The lowest BCUT2D eigenvalue weighted by Crippen LogP contribution is -2.44. The largest absolute Gasteiger partial charge is 0.493 e. The first-order valence-electron chi connectivity index (χ1n) is 8.33. The fourth-order valence-electron chi connectivity index (χ4n) is 2.82. The van der Waals surface area contributed by atoms with Crippen molar-refractivity contribution in [3.8, 4) is 11.5 Å². The number of benzene rings is 1. The number of methoxy groups -OCH3 is 1. The average molecular weight is 345 g/mol. The maximum atomic E-state index is 12.4. The van der Waals surface area contributed by atoms with Crippen molar-refractivity contribution in [1.29, 1.82) is 0 Å². The van der Waals surface area contributed by atoms with Gasteiger partial charge in [0, 0.05) is 13.1 Å². The van der Waals surface area contributed by atoms with E-state index in [2.05, 4.69) is 15.4 Å². The lowest BCUT2D eigenvalue weighted by molar-refractivity contribution is 0.179. The topological polar surface area (TPSA) is 81.5 Å². The van der Waals surface area contributed by atoms with E-state index in [1.54, 1.807) is 12.0 Å². The Bertz CT molecular complexity index is 759. The number of hydrogen-bond donors (Lipinski definition) is 1. The number of carbonyl (C=O) groups is 1. The maximum Gasteiger partial charge on any atom is 0.318 e. The standard InChI is InChI=1S/C17H23N5O3/c1-4-25-15-9-13(5-6-14(15)24-3)10-18-17(23)21-7-8-22-16(11-21)19-12(2)20-22/h5-6,9H,4,7-8,10-11H2,1-3H3,(H,18,23). The molecule has 2 aromatic rings. The molecule has 0 radical (unpaired) electrons. The molecule has 1 aromatic heterocycles. The summed E-state index contributed by atoms with van der Waals surface area (Å²) in [6, 6.07) is 5.54. The van der Waals surface area contributed by atoms with Crippen LogP contribution in [0.25, 0.3) is 0 Å². The summed E-state index contributed by atoms with van der Waals surface area (Å²) in [7, 11) is 1.61. The Morgan fingerprint density at radius 3 is 2.92 bits per heavy atom. The van der Waals surface area contributed by atoms with Gasteiger partial charge in [-0.15, -0.1) is 0 Å². The van der Waals surface area contributed by atoms with Gasteiger partial charge in [0.1, 0.15) is 11.6 Å². The molecular weight excluding hydrogens is 322 g/mol. The maximum absolute atomic E-state index is 12.4. The second-order valence-corrected chi connectivity index (χ2v) is 5.80. The number of ether oxygens (including phenoxy) is 2. The average Bonchev–Trinajstić information content (AvgIpc) is 2.99. The molecule has 0 bridgehead atoms. The van der Waals surface area contributed by atoms with Crippen molar-refractivity contribution in [3.05, 3.63) is 35.4 Å². The van der Waals surface area contributed by atoms with Gasteiger partial charge >= 0.3 is 6.03 Å². The molecule has 2 amide bonds. The van der Waals surface area contributed by atoms with E-state index in [0.29, 0.717) is 44.3 Å². The molecule has 1 aromatic carbocycles. The van der Waals surface area contributed by atoms with E-state index >= 15 is 0 Å². The van der Waals surface area contributed by atoms with Gasteiger partial charge in [-0.3, -0.25) is 0 Å². The molecule has 0 unspecified atom stereocenters. The van der Waals surface area contributed by atoms with Crippen molar-refractivity contribution in [1.82, 2.24) is 25.0 Å². The highest BCUT2D eigenvalue weighted by atomic mass is 16.5. The van der Waals surface area contributed by atoms with Crippen LogP contribution in [-0.2, 0) is 19.6 Å². The zero-order valence-corrected chi connectivity index (χ0v) is 14.8. The summed E-state index contributed by atoms with van der Waals surface area (Å²) in [5, 5.41) is 7.25. The van der Waals surface area contributed by atoms with Crippen LogP contribution in [0.3, 0.4) is 0 Å². The minimum atomic E-state index is -0.110. The number of aryl methyl sites for hydroxylation is 1. The van der Waals surface area contributed by atoms with Crippen LogP contribution < -0.4 is 14.8 Å². The van der Waals surface area contributed by atoms with Crippen LogP contribution in [-0.4, -0.2) is 46.0 Å². The van der Waals surface area contributed by atoms with E-state index in [1.165, 1.54) is 0 Å². The Hall–Kier alpha value is -2.77. The van der Waals surface area contributed by atoms with Crippen molar-refractivity contribution in [2.45, 2.75) is 33.5 Å². The Morgan fingerprint density at radius 2 is 2.16 bits per heavy atom. The summed E-state index contributed by atoms with van der Waals surface area (Å²) in [5.74, 6) is 2.92. The third kappa shape index (κ3) is 3.84. The van der Waals surface area contributed by atoms with Crippen molar-refractivity contribution in [3.63, 3.8) is 0 Å². The van der Waals surface area contributed by atoms with Gasteiger partial charge in [0.2, 0.25) is 0 Å². The van der Waals surface area contributed by atoms with Crippen molar-refractivity contribution in [2.75, 3.05) is 20.3 Å². The van der Waals surface area contributed by atoms with Gasteiger partial charge in [-0.2, -0.15) is 5.10 Å². The first kappa shape index (κ1) is 17.1. The van der Waals surface area contributed by atoms with Gasteiger partial charge in [0.15, 0.2) is 11.5 Å². The van der Waals surface area contributed by atoms with Gasteiger partial charge in [0.25, 0.3) is 0 Å². The third-order valence-corrected chi connectivity index (χ3v) is 4.03. The molecular formula is C17H23N5O3. The molecule has 0 saturated carbocycles. The Balaban J connectivity index is 1.60. The predicted octanol–water partition coefficient (Wildman–Crippen LogP) is 1.72. The van der Waals surface area contributed by atoms with E-state index in [0.717, 1.165) is 17.2 Å². The van der Waals surface area contributed by atoms with E-state index < -0.39 is 0 Å². The van der Waals surface area contributed by atoms with Crippen molar-refractivity contribution in [2.24, 2.45) is 0 Å². The molecule has 0 aliphatic carbocycles. The summed E-state index contributed by atoms with van der Waals surface area (Å²) in [6.07, 6.45) is 0. The van der Waals surface area contributed by atoms with E-state index in [-0.39, 0.29) is 6.03 Å². The second kappa shape index (κ2) is 7.42. The van der Waals surface area contributed by atoms with E-state index in [4.69, 9.17) is 9.47 Å². The lowest BCUT2D eigenvalue weighted by Gasteiger charge is -2.26. The van der Waals surface area contributed by atoms with Crippen LogP contribution in [0.5, 0.6) is 11.5 Å². The van der Waals surface area contributed by atoms with E-state index in [1.807, 2.05) is 36.7 Å². The first-order chi connectivity index (χ1) is 12.1. The van der Waals surface area contributed by atoms with Crippen molar-refractivity contribution >= 4 is 6.03 Å². The number of fused-ring (bicyclic) bond motifs is 1. The van der Waals surface area contributed by atoms with Crippen LogP contribution in [0.1, 0.15) is 24.1 Å². The van der Waals surface area contributed by atoms with Crippen LogP contribution >= 0.6 is 0 Å². The van der Waals surface area contributed by atoms with Crippen LogP contribution in [0.2, 0.25) is 0 Å². The minimum Gasteiger partial charge on any atom is -0.493 e. The molecule has 1 N–H and O–H groups in total. The predicted molar refractivity (Wildman–Crippen MR) is 91.6 cm³/mol. The fourth-order valence-corrected chi connectivity index (χ4v) is 2.82. The normalized spacial score (nSPS) is 13.3. The van der Waals surface area contributed by atoms with Gasteiger partial charge in [-0.25, -0.2) is 14.5 Å². The Kier molecular flexibility index (Phi) is 5.06. The summed E-state index contributed by atoms with van der Waals surface area (Å²) in [5.41, 5.74) is 0.952. The Morgan fingerprint density at radius 1 is 1.32 bits per heavy atom. The molecule has 0 atom stereocenters. The van der Waals surface area contributed by atoms with E-state index in [9.17, 15) is 4.79 Å². The quantitative estimate of drug-likeness (QED) is 0.892. The summed E-state index contributed by atoms with van der Waals surface area (Å²) in [6.45, 7) is 6.51. The second-order valence-electron chi connectivity index (χ2n) is 5.80. The number of nitrogens with zero attached hydrogens (tertiary/aromatic N) is 4. The first-order valence-corrected chi connectivity index (χ1v) is 8.33. The van der Waals surface area contributed by atoms with Gasteiger partial charge in [-0.1, -0.05) is 6.07 Å². The molecule has 3 rings (SSSR count). The van der Waals surface area contributed by atoms with Crippen molar-refractivity contribution < 1.29 is 14.3 Å². The molecule has 0 saturated heterocycles. The van der Waals surface area contributed by atoms with Gasteiger partial charge in [0.05, 0.1) is 26.8 Å². The Labute approximate surface area is 146 Å². The monoisotopic (exact) mass is 345 g/mol. The number of aromatic nitrogens is 3. The highest BCUT2D eigenvalue weighted by Crippen LogP contribution is 2.28. The minimum absolute atomic E-state index is 0.110. The fraction of sp³-hybridized carbons (Fsp3) is 0.471.